The molecule has 1 amide bonds. The van der Waals surface area contributed by atoms with Gasteiger partial charge in [-0.3, -0.25) is 9.78 Å². The van der Waals surface area contributed by atoms with Gasteiger partial charge in [0.15, 0.2) is 6.61 Å². The molecule has 1 fully saturated rings. The number of alkyl halides is 3. The SMILES string of the molecule is O=C(COc1cccc2cccnc12)N1CCN(c2cccc(C(F)(F)F)c2)CC1. The lowest BCUT2D eigenvalue weighted by Gasteiger charge is -2.36. The van der Waals surface area contributed by atoms with Gasteiger partial charge in [0.2, 0.25) is 0 Å². The number of pyridine rings is 1. The van der Waals surface area contributed by atoms with E-state index in [1.165, 1.54) is 6.07 Å². The molecule has 0 radical (unpaired) electrons. The summed E-state index contributed by atoms with van der Waals surface area (Å²) in [7, 11) is 0. The monoisotopic (exact) mass is 415 g/mol. The number of aromatic nitrogens is 1. The van der Waals surface area contributed by atoms with Crippen LogP contribution in [-0.4, -0.2) is 48.6 Å². The molecule has 0 atom stereocenters. The summed E-state index contributed by atoms with van der Waals surface area (Å²) in [5.41, 5.74) is 0.535. The van der Waals surface area contributed by atoms with Gasteiger partial charge in [0.05, 0.1) is 5.56 Å². The van der Waals surface area contributed by atoms with Crippen molar-refractivity contribution in [1.82, 2.24) is 9.88 Å². The van der Waals surface area contributed by atoms with Crippen LogP contribution in [-0.2, 0) is 11.0 Å². The number of rotatable bonds is 4. The molecule has 2 heterocycles. The smallest absolute Gasteiger partial charge is 0.416 e. The zero-order valence-corrected chi connectivity index (χ0v) is 16.1. The molecule has 0 bridgehead atoms. The van der Waals surface area contributed by atoms with Crippen molar-refractivity contribution in [2.24, 2.45) is 0 Å². The number of halogens is 3. The Kier molecular flexibility index (Phi) is 5.48. The van der Waals surface area contributed by atoms with E-state index in [1.54, 1.807) is 23.2 Å². The van der Waals surface area contributed by atoms with Gasteiger partial charge in [-0.25, -0.2) is 0 Å². The topological polar surface area (TPSA) is 45.7 Å². The van der Waals surface area contributed by atoms with Crippen LogP contribution < -0.4 is 9.64 Å². The second-order valence-electron chi connectivity index (χ2n) is 7.04. The molecular formula is C22H20F3N3O2. The molecule has 0 saturated carbocycles. The van der Waals surface area contributed by atoms with Gasteiger partial charge < -0.3 is 14.5 Å². The maximum atomic E-state index is 12.9. The van der Waals surface area contributed by atoms with Crippen molar-refractivity contribution in [1.29, 1.82) is 0 Å². The Labute approximate surface area is 171 Å². The number of carbonyl (C=O) groups excluding carboxylic acids is 1. The lowest BCUT2D eigenvalue weighted by atomic mass is 10.1. The fraction of sp³-hybridized carbons (Fsp3) is 0.273. The summed E-state index contributed by atoms with van der Waals surface area (Å²) in [5.74, 6) is 0.385. The molecule has 1 aromatic heterocycles. The van der Waals surface area contributed by atoms with Crippen molar-refractivity contribution >= 4 is 22.5 Å². The number of benzene rings is 2. The van der Waals surface area contributed by atoms with Gasteiger partial charge in [0, 0.05) is 43.4 Å². The summed E-state index contributed by atoms with van der Waals surface area (Å²) in [6.45, 7) is 1.66. The van der Waals surface area contributed by atoms with E-state index in [4.69, 9.17) is 4.74 Å². The normalized spacial score (nSPS) is 14.8. The Bertz CT molecular complexity index is 1040. The number of amides is 1. The van der Waals surface area contributed by atoms with Crippen LogP contribution in [0.2, 0.25) is 0 Å². The highest BCUT2D eigenvalue weighted by Crippen LogP contribution is 2.32. The molecule has 8 heteroatoms. The average molecular weight is 415 g/mol. The fourth-order valence-corrected chi connectivity index (χ4v) is 3.52. The first kappa shape index (κ1) is 20.0. The second-order valence-corrected chi connectivity index (χ2v) is 7.04. The van der Waals surface area contributed by atoms with Crippen LogP contribution in [0.1, 0.15) is 5.56 Å². The van der Waals surface area contributed by atoms with Crippen LogP contribution in [0.15, 0.2) is 60.8 Å². The van der Waals surface area contributed by atoms with E-state index in [1.807, 2.05) is 29.2 Å². The predicted molar refractivity (Wildman–Crippen MR) is 107 cm³/mol. The van der Waals surface area contributed by atoms with Crippen molar-refractivity contribution in [2.75, 3.05) is 37.7 Å². The first-order valence-corrected chi connectivity index (χ1v) is 9.58. The minimum Gasteiger partial charge on any atom is -0.481 e. The minimum atomic E-state index is -4.37. The van der Waals surface area contributed by atoms with Crippen LogP contribution in [0.3, 0.4) is 0 Å². The third-order valence-corrected chi connectivity index (χ3v) is 5.12. The summed E-state index contributed by atoms with van der Waals surface area (Å²) >= 11 is 0. The number of hydrogen-bond acceptors (Lipinski definition) is 4. The molecule has 0 spiro atoms. The highest BCUT2D eigenvalue weighted by atomic mass is 19.4. The fourth-order valence-electron chi connectivity index (χ4n) is 3.52. The van der Waals surface area contributed by atoms with Crippen molar-refractivity contribution in [2.45, 2.75) is 6.18 Å². The Morgan fingerprint density at radius 1 is 1.00 bits per heavy atom. The van der Waals surface area contributed by atoms with E-state index in [0.717, 1.165) is 17.5 Å². The third kappa shape index (κ3) is 4.32. The van der Waals surface area contributed by atoms with Crippen molar-refractivity contribution in [3.8, 4) is 5.75 Å². The average Bonchev–Trinajstić information content (AvgIpc) is 2.77. The zero-order valence-electron chi connectivity index (χ0n) is 16.1. The molecular weight excluding hydrogens is 395 g/mol. The first-order valence-electron chi connectivity index (χ1n) is 9.58. The second kappa shape index (κ2) is 8.22. The van der Waals surface area contributed by atoms with Crippen LogP contribution in [0.4, 0.5) is 18.9 Å². The van der Waals surface area contributed by atoms with Gasteiger partial charge in [-0.1, -0.05) is 24.3 Å². The van der Waals surface area contributed by atoms with Crippen molar-refractivity contribution < 1.29 is 22.7 Å². The van der Waals surface area contributed by atoms with Crippen LogP contribution in [0.5, 0.6) is 5.75 Å². The van der Waals surface area contributed by atoms with Crippen molar-refractivity contribution in [3.05, 3.63) is 66.4 Å². The van der Waals surface area contributed by atoms with Gasteiger partial charge in [-0.05, 0) is 30.3 Å². The van der Waals surface area contributed by atoms with Crippen LogP contribution in [0.25, 0.3) is 10.9 Å². The Morgan fingerprint density at radius 3 is 2.50 bits per heavy atom. The maximum absolute atomic E-state index is 12.9. The van der Waals surface area contributed by atoms with E-state index < -0.39 is 11.7 Å². The Morgan fingerprint density at radius 2 is 1.73 bits per heavy atom. The minimum absolute atomic E-state index is 0.112. The molecule has 156 valence electrons. The number of carbonyl (C=O) groups is 1. The van der Waals surface area contributed by atoms with E-state index in [0.29, 0.717) is 43.1 Å². The lowest BCUT2D eigenvalue weighted by molar-refractivity contribution is -0.137. The summed E-state index contributed by atoms with van der Waals surface area (Å²) in [4.78, 5) is 20.4. The first-order chi connectivity index (χ1) is 14.4. The van der Waals surface area contributed by atoms with Crippen molar-refractivity contribution in [3.63, 3.8) is 0 Å². The summed E-state index contributed by atoms with van der Waals surface area (Å²) in [6, 6.07) is 14.6. The van der Waals surface area contributed by atoms with Crippen LogP contribution in [0, 0.1) is 0 Å². The largest absolute Gasteiger partial charge is 0.481 e. The number of anilines is 1. The van der Waals surface area contributed by atoms with E-state index in [9.17, 15) is 18.0 Å². The van der Waals surface area contributed by atoms with Gasteiger partial charge >= 0.3 is 6.18 Å². The van der Waals surface area contributed by atoms with Gasteiger partial charge in [0.25, 0.3) is 5.91 Å². The number of para-hydroxylation sites is 1. The molecule has 1 aliphatic rings. The zero-order chi connectivity index (χ0) is 21.1. The molecule has 30 heavy (non-hydrogen) atoms. The van der Waals surface area contributed by atoms with E-state index >= 15 is 0 Å². The third-order valence-electron chi connectivity index (χ3n) is 5.12. The van der Waals surface area contributed by atoms with Gasteiger partial charge in [-0.2, -0.15) is 13.2 Å². The number of fused-ring (bicyclic) bond motifs is 1. The predicted octanol–water partition coefficient (Wildman–Crippen LogP) is 3.98. The highest BCUT2D eigenvalue weighted by molar-refractivity contribution is 5.85. The Balaban J connectivity index is 1.35. The highest BCUT2D eigenvalue weighted by Gasteiger charge is 2.31. The molecule has 4 rings (SSSR count). The molecule has 2 aromatic carbocycles. The van der Waals surface area contributed by atoms with E-state index in [2.05, 4.69) is 4.98 Å². The molecule has 1 saturated heterocycles. The number of hydrogen-bond donors (Lipinski definition) is 0. The summed E-state index contributed by atoms with van der Waals surface area (Å²) in [6.07, 6.45) is -2.70. The summed E-state index contributed by atoms with van der Waals surface area (Å²) in [5, 5.41) is 0.928. The molecule has 0 N–H and O–H groups in total. The molecule has 0 unspecified atom stereocenters. The Hall–Kier alpha value is -3.29. The molecule has 0 aliphatic carbocycles. The van der Waals surface area contributed by atoms with Gasteiger partial charge in [-0.15, -0.1) is 0 Å². The maximum Gasteiger partial charge on any atom is 0.416 e. The number of nitrogens with zero attached hydrogens (tertiary/aromatic N) is 3. The standard InChI is InChI=1S/C22H20F3N3O2/c23-22(24,25)17-6-2-7-18(14-17)27-10-12-28(13-11-27)20(29)15-30-19-8-1-4-16-5-3-9-26-21(16)19/h1-9,14H,10-13,15H2. The molecule has 5 nitrogen and oxygen atoms in total. The lowest BCUT2D eigenvalue weighted by Crippen LogP contribution is -2.50. The summed E-state index contributed by atoms with van der Waals surface area (Å²) < 4.78 is 44.5. The van der Waals surface area contributed by atoms with E-state index in [-0.39, 0.29) is 12.5 Å². The molecule has 1 aliphatic heterocycles. The van der Waals surface area contributed by atoms with Gasteiger partial charge in [0.1, 0.15) is 11.3 Å². The quantitative estimate of drug-likeness (QED) is 0.647. The van der Waals surface area contributed by atoms with Crippen LogP contribution >= 0.6 is 0 Å². The molecule has 3 aromatic rings. The number of ether oxygens (including phenoxy) is 1. The number of piperazine rings is 1.